The molecule has 1 aliphatic heterocycles. The highest BCUT2D eigenvalue weighted by Gasteiger charge is 2.32. The van der Waals surface area contributed by atoms with E-state index in [9.17, 15) is 19.7 Å². The van der Waals surface area contributed by atoms with Crippen LogP contribution in [-0.2, 0) is 9.59 Å². The number of benzene rings is 1. The monoisotopic (exact) mass is 380 g/mol. The van der Waals surface area contributed by atoms with Gasteiger partial charge in [-0.1, -0.05) is 18.7 Å². The highest BCUT2D eigenvalue weighted by molar-refractivity contribution is 8.15. The molecule has 0 radical (unpaired) electrons. The van der Waals surface area contributed by atoms with Gasteiger partial charge in [0.2, 0.25) is 11.8 Å². The number of hydrogen-bond acceptors (Lipinski definition) is 7. The Kier molecular flexibility index (Phi) is 6.56. The quantitative estimate of drug-likeness (QED) is 0.553. The number of thioether (sulfide) groups is 1. The molecular weight excluding hydrogens is 360 g/mol. The van der Waals surface area contributed by atoms with Gasteiger partial charge in [0.15, 0.2) is 5.17 Å². The van der Waals surface area contributed by atoms with Crippen molar-refractivity contribution in [1.29, 1.82) is 0 Å². The van der Waals surface area contributed by atoms with Crippen LogP contribution in [0.4, 0.5) is 11.4 Å². The molecule has 1 aromatic carbocycles. The maximum atomic E-state index is 12.3. The zero-order valence-corrected chi connectivity index (χ0v) is 15.5. The van der Waals surface area contributed by atoms with E-state index in [1.165, 1.54) is 37.1 Å². The van der Waals surface area contributed by atoms with Crippen LogP contribution in [-0.4, -0.2) is 40.3 Å². The van der Waals surface area contributed by atoms with Gasteiger partial charge in [-0.3, -0.25) is 24.7 Å². The Balaban J connectivity index is 2.02. The molecule has 0 spiro atoms. The average Bonchev–Trinajstić information content (AvgIpc) is 2.93. The van der Waals surface area contributed by atoms with Crippen LogP contribution in [0, 0.1) is 10.1 Å². The highest BCUT2D eigenvalue weighted by Crippen LogP contribution is 2.30. The maximum Gasteiger partial charge on any atom is 0.273 e. The van der Waals surface area contributed by atoms with Crippen LogP contribution >= 0.6 is 11.8 Å². The first-order valence-electron chi connectivity index (χ1n) is 8.01. The van der Waals surface area contributed by atoms with Crippen molar-refractivity contribution in [2.75, 3.05) is 12.4 Å². The molecule has 140 valence electrons. The summed E-state index contributed by atoms with van der Waals surface area (Å²) in [6.45, 7) is 3.94. The zero-order valence-electron chi connectivity index (χ0n) is 14.6. The number of rotatable bonds is 7. The molecule has 1 fully saturated rings. The number of nitrogens with one attached hydrogen (secondary N) is 2. The highest BCUT2D eigenvalue weighted by atomic mass is 32.2. The third-order valence-corrected chi connectivity index (χ3v) is 4.84. The minimum Gasteiger partial charge on any atom is -0.494 e. The number of nitro benzene ring substituents is 1. The number of aliphatic imine (C=N–C) groups is 1. The number of hydrogen-bond donors (Lipinski definition) is 2. The van der Waals surface area contributed by atoms with E-state index in [4.69, 9.17) is 4.74 Å². The SMILES string of the molecule is CC[C@@H](C)N=C1NC(=O)[C@@H](CC(=O)Nc2ccc([N+](=O)[O-])cc2OC)S1. The van der Waals surface area contributed by atoms with Gasteiger partial charge in [-0.25, -0.2) is 0 Å². The fraction of sp³-hybridized carbons (Fsp3) is 0.438. The van der Waals surface area contributed by atoms with E-state index in [-0.39, 0.29) is 29.8 Å². The lowest BCUT2D eigenvalue weighted by atomic mass is 10.2. The van der Waals surface area contributed by atoms with Crippen molar-refractivity contribution in [3.63, 3.8) is 0 Å². The summed E-state index contributed by atoms with van der Waals surface area (Å²) in [6.07, 6.45) is 0.807. The van der Waals surface area contributed by atoms with Gasteiger partial charge in [0, 0.05) is 18.5 Å². The van der Waals surface area contributed by atoms with E-state index >= 15 is 0 Å². The van der Waals surface area contributed by atoms with Gasteiger partial charge >= 0.3 is 0 Å². The Hall–Kier alpha value is -2.62. The predicted molar refractivity (Wildman–Crippen MR) is 99.6 cm³/mol. The molecule has 0 unspecified atom stereocenters. The van der Waals surface area contributed by atoms with Crippen molar-refractivity contribution < 1.29 is 19.2 Å². The number of amides is 2. The van der Waals surface area contributed by atoms with Gasteiger partial charge < -0.3 is 15.4 Å². The summed E-state index contributed by atoms with van der Waals surface area (Å²) < 4.78 is 5.08. The van der Waals surface area contributed by atoms with Gasteiger partial charge in [-0.05, 0) is 19.4 Å². The van der Waals surface area contributed by atoms with Crippen molar-refractivity contribution >= 4 is 40.1 Å². The molecule has 1 aliphatic rings. The number of carbonyl (C=O) groups excluding carboxylic acids is 2. The second kappa shape index (κ2) is 8.65. The normalized spacial score (nSPS) is 19.1. The molecule has 1 heterocycles. The van der Waals surface area contributed by atoms with Crippen molar-refractivity contribution in [1.82, 2.24) is 5.32 Å². The standard InChI is InChI=1S/C16H20N4O5S/c1-4-9(2)17-16-19-15(22)13(26-16)8-14(21)18-11-6-5-10(20(23)24)7-12(11)25-3/h5-7,9,13H,4,8H2,1-3H3,(H,18,21)(H,17,19,22)/t9-,13-/m1/s1. The summed E-state index contributed by atoms with van der Waals surface area (Å²) in [5.74, 6) is -0.479. The molecule has 26 heavy (non-hydrogen) atoms. The van der Waals surface area contributed by atoms with Crippen LogP contribution in [0.1, 0.15) is 26.7 Å². The molecule has 10 heteroatoms. The first-order chi connectivity index (χ1) is 12.3. The van der Waals surface area contributed by atoms with Crippen molar-refractivity contribution in [3.8, 4) is 5.75 Å². The summed E-state index contributed by atoms with van der Waals surface area (Å²) in [5.41, 5.74) is 0.163. The van der Waals surface area contributed by atoms with Gasteiger partial charge in [0.1, 0.15) is 11.0 Å². The first-order valence-corrected chi connectivity index (χ1v) is 8.89. The van der Waals surface area contributed by atoms with E-state index < -0.39 is 16.1 Å². The topological polar surface area (TPSA) is 123 Å². The van der Waals surface area contributed by atoms with Crippen LogP contribution in [0.5, 0.6) is 5.75 Å². The first kappa shape index (κ1) is 19.7. The van der Waals surface area contributed by atoms with Crippen LogP contribution in [0.3, 0.4) is 0 Å². The molecule has 0 bridgehead atoms. The third-order valence-electron chi connectivity index (χ3n) is 3.75. The molecule has 0 aliphatic carbocycles. The number of carbonyl (C=O) groups is 2. The number of non-ortho nitro benzene ring substituents is 1. The van der Waals surface area contributed by atoms with Crippen LogP contribution in [0.2, 0.25) is 0 Å². The van der Waals surface area contributed by atoms with Crippen LogP contribution < -0.4 is 15.4 Å². The molecule has 9 nitrogen and oxygen atoms in total. The third kappa shape index (κ3) is 4.94. The molecule has 0 saturated carbocycles. The molecule has 2 atom stereocenters. The minimum absolute atomic E-state index is 0.0455. The van der Waals surface area contributed by atoms with E-state index in [1.54, 1.807) is 0 Å². The molecule has 2 N–H and O–H groups in total. The van der Waals surface area contributed by atoms with Gasteiger partial charge in [-0.2, -0.15) is 0 Å². The number of methoxy groups -OCH3 is 1. The second-order valence-corrected chi connectivity index (χ2v) is 6.87. The predicted octanol–water partition coefficient (Wildman–Crippen LogP) is 2.32. The fourth-order valence-electron chi connectivity index (χ4n) is 2.16. The zero-order chi connectivity index (χ0) is 19.3. The molecular formula is C16H20N4O5S. The molecule has 0 aromatic heterocycles. The van der Waals surface area contributed by atoms with E-state index in [2.05, 4.69) is 15.6 Å². The summed E-state index contributed by atoms with van der Waals surface area (Å²) in [5, 5.41) is 16.1. The number of amidine groups is 1. The van der Waals surface area contributed by atoms with Crippen LogP contribution in [0.25, 0.3) is 0 Å². The number of nitro groups is 1. The van der Waals surface area contributed by atoms with E-state index in [0.29, 0.717) is 10.9 Å². The Morgan fingerprint density at radius 2 is 2.27 bits per heavy atom. The lowest BCUT2D eigenvalue weighted by Crippen LogP contribution is -2.28. The Bertz CT molecular complexity index is 752. The van der Waals surface area contributed by atoms with Crippen LogP contribution in [0.15, 0.2) is 23.2 Å². The number of anilines is 1. The number of ether oxygens (including phenoxy) is 1. The molecule has 1 saturated heterocycles. The molecule has 2 amide bonds. The smallest absolute Gasteiger partial charge is 0.273 e. The number of nitrogens with zero attached hydrogens (tertiary/aromatic N) is 2. The second-order valence-electron chi connectivity index (χ2n) is 5.68. The summed E-state index contributed by atoms with van der Waals surface area (Å²) in [7, 11) is 1.35. The summed E-state index contributed by atoms with van der Waals surface area (Å²) in [4.78, 5) is 38.9. The Morgan fingerprint density at radius 3 is 2.88 bits per heavy atom. The Morgan fingerprint density at radius 1 is 1.54 bits per heavy atom. The molecule has 2 rings (SSSR count). The van der Waals surface area contributed by atoms with Gasteiger partial charge in [0.05, 0.1) is 23.8 Å². The summed E-state index contributed by atoms with van der Waals surface area (Å²) in [6, 6.07) is 3.98. The van der Waals surface area contributed by atoms with Gasteiger partial charge in [0.25, 0.3) is 5.69 Å². The van der Waals surface area contributed by atoms with Gasteiger partial charge in [-0.15, -0.1) is 0 Å². The maximum absolute atomic E-state index is 12.3. The van der Waals surface area contributed by atoms with E-state index in [1.807, 2.05) is 13.8 Å². The lowest BCUT2D eigenvalue weighted by Gasteiger charge is -2.11. The molecule has 1 aromatic rings. The van der Waals surface area contributed by atoms with Crippen molar-refractivity contribution in [2.24, 2.45) is 4.99 Å². The largest absolute Gasteiger partial charge is 0.494 e. The van der Waals surface area contributed by atoms with E-state index in [0.717, 1.165) is 6.42 Å². The summed E-state index contributed by atoms with van der Waals surface area (Å²) >= 11 is 1.23. The van der Waals surface area contributed by atoms with Crippen molar-refractivity contribution in [2.45, 2.75) is 38.0 Å². The lowest BCUT2D eigenvalue weighted by molar-refractivity contribution is -0.384. The fourth-order valence-corrected chi connectivity index (χ4v) is 3.23. The minimum atomic E-state index is -0.568. The van der Waals surface area contributed by atoms with Crippen molar-refractivity contribution in [3.05, 3.63) is 28.3 Å². The Labute approximate surface area is 154 Å². The average molecular weight is 380 g/mol.